The molecule has 1 aromatic heterocycles. The van der Waals surface area contributed by atoms with Crippen molar-refractivity contribution in [2.24, 2.45) is 7.05 Å². The number of hydrazine groups is 1. The topological polar surface area (TPSA) is 71.9 Å². The van der Waals surface area contributed by atoms with Crippen molar-refractivity contribution in [2.45, 2.75) is 51.2 Å². The molecule has 1 aromatic rings. The molecule has 136 valence electrons. The highest BCUT2D eigenvalue weighted by atomic mass is 79.9. The highest BCUT2D eigenvalue weighted by Gasteiger charge is 2.38. The Labute approximate surface area is 154 Å². The van der Waals surface area contributed by atoms with Gasteiger partial charge in [-0.3, -0.25) is 19.4 Å². The van der Waals surface area contributed by atoms with E-state index in [2.05, 4.69) is 15.9 Å². The third-order valence-corrected chi connectivity index (χ3v) is 5.44. The highest BCUT2D eigenvalue weighted by Crippen LogP contribution is 2.31. The van der Waals surface area contributed by atoms with E-state index in [1.165, 1.54) is 17.6 Å². The molecule has 2 amide bonds. The molecule has 0 aromatic carbocycles. The van der Waals surface area contributed by atoms with Crippen LogP contribution in [0.3, 0.4) is 0 Å². The van der Waals surface area contributed by atoms with Gasteiger partial charge in [-0.2, -0.15) is 0 Å². The van der Waals surface area contributed by atoms with Crippen LogP contribution in [-0.4, -0.2) is 45.1 Å². The summed E-state index contributed by atoms with van der Waals surface area (Å²) in [5.41, 5.74) is -0.119. The molecule has 1 aliphatic carbocycles. The van der Waals surface area contributed by atoms with Crippen molar-refractivity contribution in [1.82, 2.24) is 14.6 Å². The van der Waals surface area contributed by atoms with Crippen molar-refractivity contribution in [2.75, 3.05) is 6.54 Å². The van der Waals surface area contributed by atoms with Gasteiger partial charge in [0.1, 0.15) is 5.75 Å². The number of hydrogen-bond donors (Lipinski definition) is 0. The van der Waals surface area contributed by atoms with E-state index < -0.39 is 0 Å². The van der Waals surface area contributed by atoms with E-state index >= 15 is 0 Å². The van der Waals surface area contributed by atoms with Gasteiger partial charge < -0.3 is 9.30 Å². The van der Waals surface area contributed by atoms with Crippen LogP contribution < -0.4 is 10.3 Å². The fraction of sp³-hybridized carbons (Fsp3) is 0.588. The maximum atomic E-state index is 12.1. The van der Waals surface area contributed by atoms with Gasteiger partial charge in [0.2, 0.25) is 11.8 Å². The van der Waals surface area contributed by atoms with E-state index in [4.69, 9.17) is 4.74 Å². The minimum atomic E-state index is -0.119. The van der Waals surface area contributed by atoms with Crippen LogP contribution in [0.2, 0.25) is 0 Å². The fourth-order valence-corrected chi connectivity index (χ4v) is 4.04. The largest absolute Gasteiger partial charge is 0.489 e. The first kappa shape index (κ1) is 18.0. The van der Waals surface area contributed by atoms with E-state index in [1.807, 2.05) is 0 Å². The molecule has 0 unspecified atom stereocenters. The minimum Gasteiger partial charge on any atom is -0.489 e. The second-order valence-electron chi connectivity index (χ2n) is 6.61. The lowest BCUT2D eigenvalue weighted by molar-refractivity contribution is -0.159. The Balaban J connectivity index is 1.62. The summed E-state index contributed by atoms with van der Waals surface area (Å²) in [6.45, 7) is 1.97. The first-order chi connectivity index (χ1) is 11.9. The quantitative estimate of drug-likeness (QED) is 0.760. The smallest absolute Gasteiger partial charge is 0.254 e. The number of amides is 2. The summed E-state index contributed by atoms with van der Waals surface area (Å²) in [7, 11) is 1.69. The van der Waals surface area contributed by atoms with E-state index in [-0.39, 0.29) is 29.5 Å². The predicted molar refractivity (Wildman–Crippen MR) is 94.9 cm³/mol. The lowest BCUT2D eigenvalue weighted by Crippen LogP contribution is -2.50. The Hall–Kier alpha value is -1.83. The van der Waals surface area contributed by atoms with Gasteiger partial charge in [-0.1, -0.05) is 0 Å². The summed E-state index contributed by atoms with van der Waals surface area (Å²) < 4.78 is 8.22. The number of halogens is 1. The average molecular weight is 412 g/mol. The molecule has 1 saturated heterocycles. The molecular weight excluding hydrogens is 390 g/mol. The average Bonchev–Trinajstić information content (AvgIpc) is 2.95. The number of pyridine rings is 1. The maximum Gasteiger partial charge on any atom is 0.254 e. The summed E-state index contributed by atoms with van der Waals surface area (Å²) in [5.74, 6) is 0.483. The van der Waals surface area contributed by atoms with Crippen molar-refractivity contribution < 1.29 is 14.3 Å². The molecule has 1 aliphatic heterocycles. The maximum absolute atomic E-state index is 12.1. The SMILES string of the molecule is CC(=O)N1CCC(=O)N1C1CCC(Oc2cc(=O)n(C)cc2Br)CC1. The predicted octanol–water partition coefficient (Wildman–Crippen LogP) is 1.83. The van der Waals surface area contributed by atoms with Gasteiger partial charge in [0.25, 0.3) is 5.56 Å². The highest BCUT2D eigenvalue weighted by molar-refractivity contribution is 9.10. The van der Waals surface area contributed by atoms with Gasteiger partial charge in [-0.25, -0.2) is 5.01 Å². The van der Waals surface area contributed by atoms with E-state index in [1.54, 1.807) is 23.3 Å². The molecule has 0 spiro atoms. The first-order valence-electron chi connectivity index (χ1n) is 8.49. The molecule has 0 N–H and O–H groups in total. The molecule has 2 fully saturated rings. The molecule has 2 heterocycles. The Morgan fingerprint density at radius 1 is 1.24 bits per heavy atom. The van der Waals surface area contributed by atoms with Gasteiger partial charge in [-0.15, -0.1) is 0 Å². The Bertz CT molecular complexity index is 740. The van der Waals surface area contributed by atoms with E-state index in [0.717, 1.165) is 30.2 Å². The van der Waals surface area contributed by atoms with Gasteiger partial charge in [0, 0.05) is 32.7 Å². The summed E-state index contributed by atoms with van der Waals surface area (Å²) in [4.78, 5) is 35.6. The van der Waals surface area contributed by atoms with Crippen LogP contribution in [0.4, 0.5) is 0 Å². The molecule has 0 atom stereocenters. The molecule has 0 bridgehead atoms. The zero-order chi connectivity index (χ0) is 18.1. The van der Waals surface area contributed by atoms with Crippen LogP contribution >= 0.6 is 15.9 Å². The summed E-state index contributed by atoms with van der Waals surface area (Å²) in [5, 5.41) is 3.21. The third-order valence-electron chi connectivity index (χ3n) is 4.84. The van der Waals surface area contributed by atoms with Crippen molar-refractivity contribution >= 4 is 27.7 Å². The molecule has 1 saturated carbocycles. The van der Waals surface area contributed by atoms with Gasteiger partial charge >= 0.3 is 0 Å². The number of hydrogen-bond acceptors (Lipinski definition) is 4. The molecular formula is C17H22BrN3O4. The standard InChI is InChI=1S/C17H22BrN3O4/c1-11(22)20-8-7-16(23)21(20)12-3-5-13(6-4-12)25-15-9-17(24)19(2)10-14(15)18/h9-10,12-13H,3-8H2,1-2H3. The van der Waals surface area contributed by atoms with Crippen molar-refractivity contribution in [3.8, 4) is 5.75 Å². The number of aryl methyl sites for hydroxylation is 1. The Kier molecular flexibility index (Phi) is 5.17. The molecule has 8 heteroatoms. The molecule has 3 rings (SSSR count). The number of nitrogens with zero attached hydrogens (tertiary/aromatic N) is 3. The van der Waals surface area contributed by atoms with Crippen LogP contribution in [0.5, 0.6) is 5.75 Å². The lowest BCUT2D eigenvalue weighted by Gasteiger charge is -2.38. The van der Waals surface area contributed by atoms with E-state index in [0.29, 0.717) is 18.7 Å². The fourth-order valence-electron chi connectivity index (χ4n) is 3.53. The second kappa shape index (κ2) is 7.19. The summed E-state index contributed by atoms with van der Waals surface area (Å²) in [6, 6.07) is 1.53. The normalized spacial score (nSPS) is 23.9. The number of aromatic nitrogens is 1. The monoisotopic (exact) mass is 411 g/mol. The number of rotatable bonds is 3. The Morgan fingerprint density at radius 3 is 2.56 bits per heavy atom. The minimum absolute atomic E-state index is 0.00291. The van der Waals surface area contributed by atoms with Crippen molar-refractivity contribution in [3.63, 3.8) is 0 Å². The second-order valence-corrected chi connectivity index (χ2v) is 7.47. The number of carbonyl (C=O) groups is 2. The summed E-state index contributed by atoms with van der Waals surface area (Å²) in [6.07, 6.45) is 5.21. The Morgan fingerprint density at radius 2 is 1.92 bits per heavy atom. The number of carbonyl (C=O) groups excluding carboxylic acids is 2. The van der Waals surface area contributed by atoms with Crippen LogP contribution in [0.1, 0.15) is 39.0 Å². The van der Waals surface area contributed by atoms with Gasteiger partial charge in [-0.05, 0) is 41.6 Å². The summed E-state index contributed by atoms with van der Waals surface area (Å²) >= 11 is 3.42. The zero-order valence-corrected chi connectivity index (χ0v) is 16.0. The van der Waals surface area contributed by atoms with E-state index in [9.17, 15) is 14.4 Å². The third kappa shape index (κ3) is 3.73. The van der Waals surface area contributed by atoms with Crippen molar-refractivity contribution in [3.05, 3.63) is 27.1 Å². The van der Waals surface area contributed by atoms with Gasteiger partial charge in [0.15, 0.2) is 0 Å². The van der Waals surface area contributed by atoms with Crippen LogP contribution in [0.15, 0.2) is 21.5 Å². The molecule has 0 radical (unpaired) electrons. The zero-order valence-electron chi connectivity index (χ0n) is 14.4. The number of ether oxygens (including phenoxy) is 1. The molecule has 2 aliphatic rings. The van der Waals surface area contributed by atoms with Crippen LogP contribution in [-0.2, 0) is 16.6 Å². The van der Waals surface area contributed by atoms with Crippen LogP contribution in [0.25, 0.3) is 0 Å². The first-order valence-corrected chi connectivity index (χ1v) is 9.29. The van der Waals surface area contributed by atoms with Crippen molar-refractivity contribution in [1.29, 1.82) is 0 Å². The van der Waals surface area contributed by atoms with Gasteiger partial charge in [0.05, 0.1) is 23.2 Å². The molecule has 25 heavy (non-hydrogen) atoms. The van der Waals surface area contributed by atoms with Crippen LogP contribution in [0, 0.1) is 0 Å². The molecule has 7 nitrogen and oxygen atoms in total. The lowest BCUT2D eigenvalue weighted by atomic mass is 9.92.